The summed E-state index contributed by atoms with van der Waals surface area (Å²) in [5.41, 5.74) is 4.62. The van der Waals surface area contributed by atoms with Crippen LogP contribution >= 0.6 is 0 Å². The normalized spacial score (nSPS) is 19.1. The Kier molecular flexibility index (Phi) is 7.20. The van der Waals surface area contributed by atoms with Crippen molar-refractivity contribution in [1.82, 2.24) is 0 Å². The molecule has 1 fully saturated rings. The van der Waals surface area contributed by atoms with Crippen molar-refractivity contribution >= 4 is 20.2 Å². The van der Waals surface area contributed by atoms with Crippen molar-refractivity contribution in [3.63, 3.8) is 0 Å². The third-order valence-electron chi connectivity index (χ3n) is 6.16. The summed E-state index contributed by atoms with van der Waals surface area (Å²) in [7, 11) is -7.79. The molecule has 2 aromatic rings. The molecule has 1 aliphatic rings. The summed E-state index contributed by atoms with van der Waals surface area (Å²) in [5, 5.41) is 0. The van der Waals surface area contributed by atoms with Gasteiger partial charge in [-0.3, -0.25) is 8.37 Å². The fourth-order valence-electron chi connectivity index (χ4n) is 4.67. The van der Waals surface area contributed by atoms with Crippen LogP contribution in [0.5, 0.6) is 0 Å². The molecule has 0 heterocycles. The highest BCUT2D eigenvalue weighted by Gasteiger charge is 2.35. The number of aryl methyl sites for hydroxylation is 6. The Morgan fingerprint density at radius 1 is 0.625 bits per heavy atom. The molecule has 6 nitrogen and oxygen atoms in total. The Morgan fingerprint density at radius 3 is 1.16 bits per heavy atom. The second-order valence-electron chi connectivity index (χ2n) is 9.03. The molecule has 3 rings (SSSR count). The lowest BCUT2D eigenvalue weighted by molar-refractivity contribution is 0.0669. The molecule has 0 aromatic heterocycles. The minimum Gasteiger partial charge on any atom is -0.266 e. The van der Waals surface area contributed by atoms with Gasteiger partial charge < -0.3 is 0 Å². The number of hydrogen-bond acceptors (Lipinski definition) is 6. The van der Waals surface area contributed by atoms with E-state index in [0.717, 1.165) is 24.0 Å². The van der Waals surface area contributed by atoms with E-state index >= 15 is 0 Å². The minimum atomic E-state index is -3.89. The van der Waals surface area contributed by atoms with E-state index in [4.69, 9.17) is 8.37 Å². The van der Waals surface area contributed by atoms with Crippen LogP contribution in [0.4, 0.5) is 0 Å². The molecule has 0 unspecified atom stereocenters. The Hall–Kier alpha value is -1.74. The van der Waals surface area contributed by atoms with Crippen LogP contribution in [0.2, 0.25) is 0 Å². The highest BCUT2D eigenvalue weighted by Crippen LogP contribution is 2.37. The second-order valence-corrected chi connectivity index (χ2v) is 12.1. The van der Waals surface area contributed by atoms with Crippen molar-refractivity contribution in [3.05, 3.63) is 57.6 Å². The van der Waals surface area contributed by atoms with Gasteiger partial charge in [0.15, 0.2) is 0 Å². The lowest BCUT2D eigenvalue weighted by Gasteiger charge is -2.35. The van der Waals surface area contributed by atoms with E-state index in [1.54, 1.807) is 27.7 Å². The van der Waals surface area contributed by atoms with E-state index in [1.807, 2.05) is 38.1 Å². The molecule has 0 spiro atoms. The molecule has 2 atom stereocenters. The van der Waals surface area contributed by atoms with Gasteiger partial charge in [-0.2, -0.15) is 16.8 Å². The zero-order valence-corrected chi connectivity index (χ0v) is 21.2. The van der Waals surface area contributed by atoms with Crippen molar-refractivity contribution in [2.75, 3.05) is 13.2 Å². The molecular formula is C24H32O6S2. The SMILES string of the molecule is Cc1cc(C)c(S(=O)(=O)OC[C@H]2CC[C@H]2COS(=O)(=O)c2c(C)cc(C)cc2C)c(C)c1. The van der Waals surface area contributed by atoms with E-state index in [-0.39, 0.29) is 34.8 Å². The highest BCUT2D eigenvalue weighted by atomic mass is 32.2. The molecule has 1 aliphatic carbocycles. The molecule has 8 heteroatoms. The molecule has 0 bridgehead atoms. The molecule has 0 aliphatic heterocycles. The first kappa shape index (κ1) is 24.9. The van der Waals surface area contributed by atoms with Crippen LogP contribution in [0.15, 0.2) is 34.1 Å². The zero-order valence-electron chi connectivity index (χ0n) is 19.6. The first-order chi connectivity index (χ1) is 14.8. The summed E-state index contributed by atoms with van der Waals surface area (Å²) in [4.78, 5) is 0.422. The largest absolute Gasteiger partial charge is 0.297 e. The van der Waals surface area contributed by atoms with Gasteiger partial charge in [-0.05, 0) is 88.5 Å². The van der Waals surface area contributed by atoms with E-state index in [1.165, 1.54) is 0 Å². The van der Waals surface area contributed by atoms with E-state index in [9.17, 15) is 16.8 Å². The van der Waals surface area contributed by atoms with Crippen molar-refractivity contribution in [2.24, 2.45) is 11.8 Å². The highest BCUT2D eigenvalue weighted by molar-refractivity contribution is 7.87. The quantitative estimate of drug-likeness (QED) is 0.510. The molecule has 0 N–H and O–H groups in total. The van der Waals surface area contributed by atoms with Crippen LogP contribution in [-0.2, 0) is 28.6 Å². The zero-order chi connectivity index (χ0) is 23.8. The van der Waals surface area contributed by atoms with Gasteiger partial charge in [0, 0.05) is 0 Å². The minimum absolute atomic E-state index is 0.0196. The lowest BCUT2D eigenvalue weighted by Crippen LogP contribution is -2.35. The molecule has 1 saturated carbocycles. The fourth-order valence-corrected chi connectivity index (χ4v) is 7.43. The van der Waals surface area contributed by atoms with Gasteiger partial charge >= 0.3 is 0 Å². The van der Waals surface area contributed by atoms with Gasteiger partial charge in [0.25, 0.3) is 20.2 Å². The molecule has 0 radical (unpaired) electrons. The van der Waals surface area contributed by atoms with E-state index in [0.29, 0.717) is 22.3 Å². The average molecular weight is 481 g/mol. The summed E-state index contributed by atoms with van der Waals surface area (Å²) >= 11 is 0. The van der Waals surface area contributed by atoms with Gasteiger partial charge in [0.2, 0.25) is 0 Å². The smallest absolute Gasteiger partial charge is 0.266 e. The van der Waals surface area contributed by atoms with Crippen LogP contribution in [0.25, 0.3) is 0 Å². The summed E-state index contributed by atoms with van der Waals surface area (Å²) in [5.74, 6) is -0.127. The van der Waals surface area contributed by atoms with Gasteiger partial charge in [-0.15, -0.1) is 0 Å². The van der Waals surface area contributed by atoms with E-state index in [2.05, 4.69) is 0 Å². The average Bonchev–Trinajstić information content (AvgIpc) is 2.58. The third-order valence-corrected chi connectivity index (χ3v) is 9.34. The fraction of sp³-hybridized carbons (Fsp3) is 0.500. The second kappa shape index (κ2) is 9.25. The molecule has 0 saturated heterocycles. The van der Waals surface area contributed by atoms with Crippen molar-refractivity contribution in [3.8, 4) is 0 Å². The standard InChI is InChI=1S/C24H32O6S2/c1-15-9-17(3)23(18(4)10-15)31(25,26)29-13-21-7-8-22(21)14-30-32(27,28)24-19(5)11-16(2)12-20(24)6/h9-12,21-22H,7-8,13-14H2,1-6H3/t21-,22+. The first-order valence-corrected chi connectivity index (χ1v) is 13.6. The molecular weight excluding hydrogens is 448 g/mol. The number of rotatable bonds is 8. The maximum atomic E-state index is 12.8. The van der Waals surface area contributed by atoms with Crippen molar-refractivity contribution in [2.45, 2.75) is 64.2 Å². The Bertz CT molecular complexity index is 1090. The van der Waals surface area contributed by atoms with Gasteiger partial charge in [-0.25, -0.2) is 0 Å². The topological polar surface area (TPSA) is 86.7 Å². The summed E-state index contributed by atoms with van der Waals surface area (Å²) in [6.07, 6.45) is 1.55. The lowest BCUT2D eigenvalue weighted by atomic mass is 9.75. The van der Waals surface area contributed by atoms with Gasteiger partial charge in [0.05, 0.1) is 23.0 Å². The molecule has 2 aromatic carbocycles. The Labute approximate surface area is 192 Å². The van der Waals surface area contributed by atoms with Crippen LogP contribution in [0.1, 0.15) is 46.2 Å². The Balaban J connectivity index is 1.64. The number of hydrogen-bond donors (Lipinski definition) is 0. The van der Waals surface area contributed by atoms with Crippen LogP contribution in [0.3, 0.4) is 0 Å². The molecule has 176 valence electrons. The Morgan fingerprint density at radius 2 is 0.906 bits per heavy atom. The maximum absolute atomic E-state index is 12.8. The van der Waals surface area contributed by atoms with Crippen LogP contribution < -0.4 is 0 Å². The first-order valence-electron chi connectivity index (χ1n) is 10.8. The predicted molar refractivity (Wildman–Crippen MR) is 124 cm³/mol. The predicted octanol–water partition coefficient (Wildman–Crippen LogP) is 4.67. The van der Waals surface area contributed by atoms with Gasteiger partial charge in [-0.1, -0.05) is 35.4 Å². The van der Waals surface area contributed by atoms with Gasteiger partial charge in [0.1, 0.15) is 0 Å². The number of benzene rings is 2. The monoisotopic (exact) mass is 480 g/mol. The summed E-state index contributed by atoms with van der Waals surface area (Å²) in [6, 6.07) is 7.29. The van der Waals surface area contributed by atoms with E-state index < -0.39 is 20.2 Å². The van der Waals surface area contributed by atoms with Crippen LogP contribution in [0, 0.1) is 53.4 Å². The summed E-state index contributed by atoms with van der Waals surface area (Å²) < 4.78 is 61.9. The maximum Gasteiger partial charge on any atom is 0.297 e. The van der Waals surface area contributed by atoms with Crippen molar-refractivity contribution < 1.29 is 25.2 Å². The molecule has 0 amide bonds. The molecule has 32 heavy (non-hydrogen) atoms. The van der Waals surface area contributed by atoms with Crippen LogP contribution in [-0.4, -0.2) is 30.0 Å². The third kappa shape index (κ3) is 5.25. The van der Waals surface area contributed by atoms with Crippen molar-refractivity contribution in [1.29, 1.82) is 0 Å². The summed E-state index contributed by atoms with van der Waals surface area (Å²) in [6.45, 7) is 10.9.